The van der Waals surface area contributed by atoms with Crippen molar-refractivity contribution in [3.8, 4) is 0 Å². The quantitative estimate of drug-likeness (QED) is 0.580. The molecule has 3 aromatic rings. The van der Waals surface area contributed by atoms with Crippen LogP contribution in [0.25, 0.3) is 10.2 Å². The third-order valence-electron chi connectivity index (χ3n) is 4.88. The fourth-order valence-electron chi connectivity index (χ4n) is 3.34. The molecule has 158 valence electrons. The molecule has 1 fully saturated rings. The number of sulfonamides is 1. The molecule has 4 rings (SSSR count). The van der Waals surface area contributed by atoms with E-state index in [1.54, 1.807) is 35.7 Å². The van der Waals surface area contributed by atoms with Crippen molar-refractivity contribution in [1.29, 1.82) is 0 Å². The Hall–Kier alpha value is -2.34. The molecule has 0 radical (unpaired) electrons. The zero-order valence-electron chi connectivity index (χ0n) is 16.0. The molecular weight excluding hydrogens is 446 g/mol. The SMILES string of the molecule is COC(=O)c1ccc2nc(NC(=O)C3CCCN(S(=O)(=O)c4cccs4)C3)sc2c1. The van der Waals surface area contributed by atoms with E-state index < -0.39 is 21.9 Å². The highest BCUT2D eigenvalue weighted by atomic mass is 32.2. The number of hydrogen-bond acceptors (Lipinski definition) is 8. The second-order valence-corrected chi connectivity index (χ2v) is 11.0. The number of esters is 1. The van der Waals surface area contributed by atoms with Crippen LogP contribution in [0.3, 0.4) is 0 Å². The molecule has 11 heteroatoms. The van der Waals surface area contributed by atoms with E-state index in [4.69, 9.17) is 4.74 Å². The molecule has 0 aliphatic carbocycles. The van der Waals surface area contributed by atoms with Crippen molar-refractivity contribution in [2.45, 2.75) is 17.1 Å². The molecule has 0 saturated carbocycles. The molecular formula is C19H19N3O5S3. The molecule has 1 saturated heterocycles. The molecule has 3 heterocycles. The van der Waals surface area contributed by atoms with E-state index in [9.17, 15) is 18.0 Å². The first-order chi connectivity index (χ1) is 14.4. The molecule has 8 nitrogen and oxygen atoms in total. The van der Waals surface area contributed by atoms with Gasteiger partial charge in [-0.1, -0.05) is 17.4 Å². The lowest BCUT2D eigenvalue weighted by molar-refractivity contribution is -0.120. The highest BCUT2D eigenvalue weighted by Crippen LogP contribution is 2.30. The van der Waals surface area contributed by atoms with Gasteiger partial charge in [0, 0.05) is 13.1 Å². The summed E-state index contributed by atoms with van der Waals surface area (Å²) in [6, 6.07) is 8.26. The second kappa shape index (κ2) is 8.42. The van der Waals surface area contributed by atoms with Crippen LogP contribution >= 0.6 is 22.7 Å². The number of hydrogen-bond donors (Lipinski definition) is 1. The predicted molar refractivity (Wildman–Crippen MR) is 115 cm³/mol. The minimum absolute atomic E-state index is 0.142. The van der Waals surface area contributed by atoms with Crippen LogP contribution in [-0.2, 0) is 19.6 Å². The van der Waals surface area contributed by atoms with Gasteiger partial charge in [0.1, 0.15) is 4.21 Å². The van der Waals surface area contributed by atoms with Crippen LogP contribution in [-0.4, -0.2) is 49.8 Å². The van der Waals surface area contributed by atoms with Crippen LogP contribution in [0.4, 0.5) is 5.13 Å². The van der Waals surface area contributed by atoms with E-state index >= 15 is 0 Å². The lowest BCUT2D eigenvalue weighted by Crippen LogP contribution is -2.43. The van der Waals surface area contributed by atoms with Gasteiger partial charge in [0.15, 0.2) is 5.13 Å². The molecule has 1 aliphatic heterocycles. The average Bonchev–Trinajstić information content (AvgIpc) is 3.42. The molecule has 1 amide bonds. The maximum absolute atomic E-state index is 12.8. The number of nitrogens with zero attached hydrogens (tertiary/aromatic N) is 2. The minimum atomic E-state index is -3.58. The number of amides is 1. The first kappa shape index (κ1) is 20.9. The predicted octanol–water partition coefficient (Wildman–Crippen LogP) is 3.18. The summed E-state index contributed by atoms with van der Waals surface area (Å²) in [5.74, 6) is -1.15. The van der Waals surface area contributed by atoms with Gasteiger partial charge in [0.05, 0.1) is 28.8 Å². The summed E-state index contributed by atoms with van der Waals surface area (Å²) in [7, 11) is -2.26. The zero-order chi connectivity index (χ0) is 21.3. The Balaban J connectivity index is 1.47. The molecule has 1 N–H and O–H groups in total. The Morgan fingerprint density at radius 2 is 2.13 bits per heavy atom. The number of anilines is 1. The van der Waals surface area contributed by atoms with Gasteiger partial charge < -0.3 is 10.1 Å². The zero-order valence-corrected chi connectivity index (χ0v) is 18.5. The standard InChI is InChI=1S/C19H19N3O5S3/c1-27-18(24)12-6-7-14-15(10-12)29-19(20-14)21-17(23)13-4-2-8-22(11-13)30(25,26)16-5-3-9-28-16/h3,5-7,9-10,13H,2,4,8,11H2,1H3,(H,20,21,23). The number of carbonyl (C=O) groups is 2. The monoisotopic (exact) mass is 465 g/mol. The van der Waals surface area contributed by atoms with Crippen LogP contribution in [0, 0.1) is 5.92 Å². The van der Waals surface area contributed by atoms with Crippen molar-refractivity contribution in [2.75, 3.05) is 25.5 Å². The number of nitrogens with one attached hydrogen (secondary N) is 1. The smallest absolute Gasteiger partial charge is 0.337 e. The summed E-state index contributed by atoms with van der Waals surface area (Å²) < 4.78 is 32.7. The van der Waals surface area contributed by atoms with E-state index in [-0.39, 0.29) is 16.7 Å². The lowest BCUT2D eigenvalue weighted by atomic mass is 9.99. The fraction of sp³-hybridized carbons (Fsp3) is 0.316. The van der Waals surface area contributed by atoms with Gasteiger partial charge in [0.2, 0.25) is 5.91 Å². The van der Waals surface area contributed by atoms with Gasteiger partial charge in [-0.05, 0) is 42.5 Å². The number of thiazole rings is 1. The Labute approximate surface area is 181 Å². The molecule has 1 unspecified atom stereocenters. The summed E-state index contributed by atoms with van der Waals surface area (Å²) in [5, 5.41) is 4.94. The minimum Gasteiger partial charge on any atom is -0.465 e. The van der Waals surface area contributed by atoms with Crippen LogP contribution < -0.4 is 5.32 Å². The van der Waals surface area contributed by atoms with Gasteiger partial charge in [-0.3, -0.25) is 4.79 Å². The van der Waals surface area contributed by atoms with E-state index in [1.165, 1.54) is 34.1 Å². The first-order valence-electron chi connectivity index (χ1n) is 9.22. The van der Waals surface area contributed by atoms with E-state index in [0.29, 0.717) is 35.6 Å². The Morgan fingerprint density at radius 1 is 1.30 bits per heavy atom. The van der Waals surface area contributed by atoms with Gasteiger partial charge >= 0.3 is 5.97 Å². The molecule has 0 spiro atoms. The van der Waals surface area contributed by atoms with Gasteiger partial charge in [-0.15, -0.1) is 11.3 Å². The molecule has 2 aromatic heterocycles. The number of rotatable bonds is 5. The molecule has 1 aromatic carbocycles. The van der Waals surface area contributed by atoms with Gasteiger partial charge in [-0.25, -0.2) is 18.2 Å². The van der Waals surface area contributed by atoms with Crippen LogP contribution in [0.15, 0.2) is 39.9 Å². The summed E-state index contributed by atoms with van der Waals surface area (Å²) in [6.45, 7) is 0.547. The number of carbonyl (C=O) groups excluding carboxylic acids is 2. The number of ether oxygens (including phenoxy) is 1. The van der Waals surface area contributed by atoms with E-state index in [0.717, 1.165) is 4.70 Å². The summed E-state index contributed by atoms with van der Waals surface area (Å²) in [6.07, 6.45) is 1.23. The highest BCUT2D eigenvalue weighted by molar-refractivity contribution is 7.91. The topological polar surface area (TPSA) is 106 Å². The fourth-order valence-corrected chi connectivity index (χ4v) is 6.92. The van der Waals surface area contributed by atoms with Gasteiger partial charge in [-0.2, -0.15) is 4.31 Å². The highest BCUT2D eigenvalue weighted by Gasteiger charge is 2.34. The number of aromatic nitrogens is 1. The average molecular weight is 466 g/mol. The largest absolute Gasteiger partial charge is 0.465 e. The normalized spacial score (nSPS) is 17.7. The Morgan fingerprint density at radius 3 is 2.87 bits per heavy atom. The molecule has 30 heavy (non-hydrogen) atoms. The summed E-state index contributed by atoms with van der Waals surface area (Å²) in [4.78, 5) is 28.9. The van der Waals surface area contributed by atoms with Crippen molar-refractivity contribution >= 4 is 59.9 Å². The van der Waals surface area contributed by atoms with E-state index in [1.807, 2.05) is 0 Å². The number of fused-ring (bicyclic) bond motifs is 1. The number of benzene rings is 1. The van der Waals surface area contributed by atoms with Crippen molar-refractivity contribution in [2.24, 2.45) is 5.92 Å². The number of methoxy groups -OCH3 is 1. The number of thiophene rings is 1. The Kier molecular flexibility index (Phi) is 5.87. The van der Waals surface area contributed by atoms with Crippen LogP contribution in [0.2, 0.25) is 0 Å². The first-order valence-corrected chi connectivity index (χ1v) is 12.4. The maximum atomic E-state index is 12.8. The van der Waals surface area contributed by atoms with Crippen molar-refractivity contribution in [3.05, 3.63) is 41.3 Å². The second-order valence-electron chi connectivity index (χ2n) is 6.82. The number of piperidine rings is 1. The molecule has 0 bridgehead atoms. The maximum Gasteiger partial charge on any atom is 0.337 e. The molecule has 1 atom stereocenters. The lowest BCUT2D eigenvalue weighted by Gasteiger charge is -2.30. The third kappa shape index (κ3) is 4.10. The molecule has 1 aliphatic rings. The summed E-state index contributed by atoms with van der Waals surface area (Å²) in [5.41, 5.74) is 1.07. The van der Waals surface area contributed by atoms with Gasteiger partial charge in [0.25, 0.3) is 10.0 Å². The third-order valence-corrected chi connectivity index (χ3v) is 9.06. The van der Waals surface area contributed by atoms with E-state index in [2.05, 4.69) is 10.3 Å². The van der Waals surface area contributed by atoms with Crippen molar-refractivity contribution < 1.29 is 22.7 Å². The van der Waals surface area contributed by atoms with Crippen molar-refractivity contribution in [1.82, 2.24) is 9.29 Å². The Bertz CT molecular complexity index is 1190. The van der Waals surface area contributed by atoms with Crippen LogP contribution in [0.5, 0.6) is 0 Å². The summed E-state index contributed by atoms with van der Waals surface area (Å²) >= 11 is 2.43. The van der Waals surface area contributed by atoms with Crippen molar-refractivity contribution in [3.63, 3.8) is 0 Å². The van der Waals surface area contributed by atoms with Crippen LogP contribution in [0.1, 0.15) is 23.2 Å².